The predicted molar refractivity (Wildman–Crippen MR) is 49.0 cm³/mol. The molecule has 0 fully saturated rings. The zero-order valence-corrected chi connectivity index (χ0v) is 6.91. The Kier molecular flexibility index (Phi) is 2.82. The molecule has 5 heteroatoms. The van der Waals surface area contributed by atoms with Crippen molar-refractivity contribution in [2.75, 3.05) is 5.75 Å². The van der Waals surface area contributed by atoms with Crippen LogP contribution in [-0.2, 0) is 0 Å². The fourth-order valence-electron chi connectivity index (χ4n) is 0.409. The molecule has 1 aliphatic heterocycles. The molecule has 0 aromatic heterocycles. The minimum Gasteiger partial charge on any atom is -0.276 e. The van der Waals surface area contributed by atoms with Gasteiger partial charge in [0.15, 0.2) is 4.38 Å². The highest BCUT2D eigenvalue weighted by Crippen LogP contribution is 2.18. The zero-order valence-electron chi connectivity index (χ0n) is 5.28. The van der Waals surface area contributed by atoms with Crippen LogP contribution in [0.1, 0.15) is 0 Å². The van der Waals surface area contributed by atoms with Crippen LogP contribution < -0.4 is 10.8 Å². The summed E-state index contributed by atoms with van der Waals surface area (Å²) in [4.78, 5) is 0. The van der Waals surface area contributed by atoms with Crippen molar-refractivity contribution < 1.29 is 0 Å². The molecule has 0 saturated heterocycles. The molecule has 0 aromatic rings. The van der Waals surface area contributed by atoms with Crippen molar-refractivity contribution in [3.63, 3.8) is 0 Å². The standard InChI is InChI=1S/C5H7N3S2/c1-2-3-9-5-8-7-4(6)10-5/h2H,1,3,6H2/q+1. The van der Waals surface area contributed by atoms with E-state index in [1.54, 1.807) is 11.8 Å². The molecule has 2 N–H and O–H groups in total. The normalized spacial score (nSPS) is 16.4. The van der Waals surface area contributed by atoms with Crippen LogP contribution in [0.4, 0.5) is 0 Å². The molecule has 1 radical (unpaired) electrons. The Labute approximate surface area is 67.9 Å². The van der Waals surface area contributed by atoms with Crippen LogP contribution in [0.2, 0.25) is 0 Å². The van der Waals surface area contributed by atoms with Crippen molar-refractivity contribution >= 4 is 33.1 Å². The second-order valence-corrected chi connectivity index (χ2v) is 3.78. The minimum atomic E-state index is 0.520. The maximum Gasteiger partial charge on any atom is 0.384 e. The third kappa shape index (κ3) is 2.07. The molecule has 10 heavy (non-hydrogen) atoms. The van der Waals surface area contributed by atoms with Crippen LogP contribution in [0.15, 0.2) is 17.8 Å². The number of nitrogens with two attached hydrogens (primary N) is 1. The van der Waals surface area contributed by atoms with Gasteiger partial charge in [0, 0.05) is 17.5 Å². The lowest BCUT2D eigenvalue weighted by molar-refractivity contribution is 1.12. The lowest BCUT2D eigenvalue weighted by Gasteiger charge is -1.88. The van der Waals surface area contributed by atoms with Gasteiger partial charge in [-0.2, -0.15) is 0 Å². The smallest absolute Gasteiger partial charge is 0.276 e. The van der Waals surface area contributed by atoms with E-state index in [1.807, 2.05) is 6.08 Å². The summed E-state index contributed by atoms with van der Waals surface area (Å²) in [5.41, 5.74) is 5.36. The molecule has 0 bridgehead atoms. The summed E-state index contributed by atoms with van der Waals surface area (Å²) in [6.07, 6.45) is 1.82. The average molecular weight is 173 g/mol. The number of hydrogen-bond acceptors (Lipinski definition) is 5. The lowest BCUT2D eigenvalue weighted by Crippen LogP contribution is -2.07. The quantitative estimate of drug-likeness (QED) is 0.621. The Bertz CT molecular complexity index is 197. The number of amidine groups is 1. The summed E-state index contributed by atoms with van der Waals surface area (Å²) in [5, 5.41) is 7.99. The first-order valence-electron chi connectivity index (χ1n) is 2.65. The monoisotopic (exact) mass is 173 g/mol. The molecule has 3 nitrogen and oxygen atoms in total. The number of hydrogen-bond donors (Lipinski definition) is 1. The molecule has 0 atom stereocenters. The van der Waals surface area contributed by atoms with Gasteiger partial charge >= 0.3 is 5.17 Å². The Hall–Kier alpha value is -0.420. The fraction of sp³-hybridized carbons (Fsp3) is 0.200. The van der Waals surface area contributed by atoms with E-state index in [1.165, 1.54) is 11.8 Å². The van der Waals surface area contributed by atoms with E-state index in [9.17, 15) is 0 Å². The zero-order chi connectivity index (χ0) is 7.40. The van der Waals surface area contributed by atoms with E-state index in [0.29, 0.717) is 5.17 Å². The van der Waals surface area contributed by atoms with Crippen molar-refractivity contribution in [1.82, 2.24) is 5.10 Å². The van der Waals surface area contributed by atoms with Crippen LogP contribution in [0.3, 0.4) is 0 Å². The average Bonchev–Trinajstić information content (AvgIpc) is 2.31. The Morgan fingerprint density at radius 3 is 3.20 bits per heavy atom. The first-order chi connectivity index (χ1) is 4.83. The topological polar surface area (TPSA) is 52.5 Å². The van der Waals surface area contributed by atoms with Gasteiger partial charge in [-0.1, -0.05) is 17.8 Å². The number of nitrogens with zero attached hydrogens (tertiary/aromatic N) is 2. The molecular weight excluding hydrogens is 166 g/mol. The molecular formula is C5H7N3S2+. The van der Waals surface area contributed by atoms with Crippen LogP contribution in [-0.4, -0.2) is 15.3 Å². The molecule has 0 amide bonds. The molecule has 1 aliphatic rings. The van der Waals surface area contributed by atoms with E-state index in [-0.39, 0.29) is 0 Å². The fourth-order valence-corrected chi connectivity index (χ4v) is 1.81. The van der Waals surface area contributed by atoms with E-state index in [2.05, 4.69) is 16.8 Å². The van der Waals surface area contributed by atoms with E-state index in [4.69, 9.17) is 5.73 Å². The number of rotatable bonds is 2. The van der Waals surface area contributed by atoms with Gasteiger partial charge in [0.25, 0.3) is 0 Å². The van der Waals surface area contributed by atoms with Crippen LogP contribution in [0.25, 0.3) is 0 Å². The van der Waals surface area contributed by atoms with E-state index < -0.39 is 0 Å². The Morgan fingerprint density at radius 1 is 1.90 bits per heavy atom. The molecule has 0 aromatic carbocycles. The van der Waals surface area contributed by atoms with Crippen molar-refractivity contribution in [3.8, 4) is 0 Å². The molecule has 1 heterocycles. The van der Waals surface area contributed by atoms with Crippen molar-refractivity contribution in [1.29, 1.82) is 0 Å². The first-order valence-corrected chi connectivity index (χ1v) is 4.46. The highest BCUT2D eigenvalue weighted by Gasteiger charge is 2.17. The number of thioether (sulfide) groups is 2. The van der Waals surface area contributed by atoms with Gasteiger partial charge in [-0.3, -0.25) is 5.73 Å². The molecule has 0 aliphatic carbocycles. The lowest BCUT2D eigenvalue weighted by atomic mass is 10.8. The maximum absolute atomic E-state index is 5.36. The SMILES string of the molecule is C=CCSC1=N[N+]=C(N)S1. The molecule has 1 rings (SSSR count). The summed E-state index contributed by atoms with van der Waals surface area (Å²) >= 11 is 2.99. The molecule has 0 saturated carbocycles. The Balaban J connectivity index is 2.28. The minimum absolute atomic E-state index is 0.520. The summed E-state index contributed by atoms with van der Waals surface area (Å²) < 4.78 is 0.900. The maximum atomic E-state index is 5.36. The summed E-state index contributed by atoms with van der Waals surface area (Å²) in [6, 6.07) is 0. The molecule has 0 unspecified atom stereocenters. The van der Waals surface area contributed by atoms with E-state index >= 15 is 0 Å². The molecule has 0 spiro atoms. The van der Waals surface area contributed by atoms with Gasteiger partial charge in [0.05, 0.1) is 5.10 Å². The third-order valence-electron chi connectivity index (χ3n) is 0.747. The first kappa shape index (κ1) is 7.68. The van der Waals surface area contributed by atoms with Gasteiger partial charge in [-0.05, 0) is 5.10 Å². The van der Waals surface area contributed by atoms with Crippen molar-refractivity contribution in [3.05, 3.63) is 12.7 Å². The second-order valence-electron chi connectivity index (χ2n) is 1.51. The summed E-state index contributed by atoms with van der Waals surface area (Å²) in [7, 11) is 0. The summed E-state index contributed by atoms with van der Waals surface area (Å²) in [6.45, 7) is 3.59. The summed E-state index contributed by atoms with van der Waals surface area (Å²) in [5.74, 6) is 0.856. The van der Waals surface area contributed by atoms with Gasteiger partial charge in [-0.25, -0.2) is 0 Å². The Morgan fingerprint density at radius 2 is 2.70 bits per heavy atom. The highest BCUT2D eigenvalue weighted by atomic mass is 32.2. The molecule has 53 valence electrons. The predicted octanol–water partition coefficient (Wildman–Crippen LogP) is 0.574. The van der Waals surface area contributed by atoms with Gasteiger partial charge < -0.3 is 0 Å². The van der Waals surface area contributed by atoms with Gasteiger partial charge in [-0.15, -0.1) is 6.58 Å². The largest absolute Gasteiger partial charge is 0.384 e. The van der Waals surface area contributed by atoms with Gasteiger partial charge in [0.1, 0.15) is 0 Å². The van der Waals surface area contributed by atoms with Gasteiger partial charge in [0.2, 0.25) is 0 Å². The van der Waals surface area contributed by atoms with Crippen LogP contribution in [0, 0.1) is 0 Å². The van der Waals surface area contributed by atoms with Crippen LogP contribution >= 0.6 is 23.5 Å². The van der Waals surface area contributed by atoms with Crippen molar-refractivity contribution in [2.45, 2.75) is 0 Å². The third-order valence-corrected chi connectivity index (χ3v) is 2.63. The van der Waals surface area contributed by atoms with Crippen molar-refractivity contribution in [2.24, 2.45) is 10.8 Å². The van der Waals surface area contributed by atoms with E-state index in [0.717, 1.165) is 10.1 Å². The highest BCUT2D eigenvalue weighted by molar-refractivity contribution is 8.45. The second kappa shape index (κ2) is 3.68. The van der Waals surface area contributed by atoms with Crippen LogP contribution in [0.5, 0.6) is 0 Å².